The van der Waals surface area contributed by atoms with Crippen LogP contribution in [-0.4, -0.2) is 42.1 Å². The van der Waals surface area contributed by atoms with Crippen molar-refractivity contribution in [2.24, 2.45) is 17.4 Å². The summed E-state index contributed by atoms with van der Waals surface area (Å²) in [6, 6.07) is -0.689. The van der Waals surface area contributed by atoms with Gasteiger partial charge in [-0.3, -0.25) is 14.5 Å². The quantitative estimate of drug-likeness (QED) is 0.466. The van der Waals surface area contributed by atoms with E-state index in [-0.39, 0.29) is 18.9 Å². The summed E-state index contributed by atoms with van der Waals surface area (Å²) in [5.41, 5.74) is 11.4. The summed E-state index contributed by atoms with van der Waals surface area (Å²) in [5.74, 6) is -0.259. The fraction of sp³-hybridized carbons (Fsp3) is 0.824. The number of imide groups is 1. The zero-order valence-corrected chi connectivity index (χ0v) is 14.0. The van der Waals surface area contributed by atoms with Gasteiger partial charge in [-0.05, 0) is 31.7 Å². The molecule has 1 saturated carbocycles. The molecule has 0 aromatic rings. The fourth-order valence-corrected chi connectivity index (χ4v) is 3.20. The average Bonchev–Trinajstić information content (AvgIpc) is 2.56. The zero-order valence-electron chi connectivity index (χ0n) is 14.0. The van der Waals surface area contributed by atoms with E-state index in [1.807, 2.05) is 0 Å². The third kappa shape index (κ3) is 7.22. The normalized spacial score (nSPS) is 16.8. The van der Waals surface area contributed by atoms with Crippen molar-refractivity contribution in [3.8, 4) is 0 Å². The molecule has 1 aliphatic carbocycles. The molecule has 0 aliphatic heterocycles. The van der Waals surface area contributed by atoms with E-state index >= 15 is 0 Å². The first-order valence-corrected chi connectivity index (χ1v) is 8.83. The van der Waals surface area contributed by atoms with Crippen LogP contribution < -0.4 is 11.5 Å². The molecule has 132 valence electrons. The Labute approximate surface area is 138 Å². The molecular formula is C17H31N3O3. The molecule has 2 amide bonds. The highest BCUT2D eigenvalue weighted by molar-refractivity contribution is 5.99. The van der Waals surface area contributed by atoms with Crippen LogP contribution in [0, 0.1) is 5.92 Å². The Morgan fingerprint density at radius 2 is 1.83 bits per heavy atom. The number of aldehydes is 1. The molecule has 1 rings (SSSR count). The van der Waals surface area contributed by atoms with Crippen molar-refractivity contribution in [3.05, 3.63) is 0 Å². The highest BCUT2D eigenvalue weighted by Crippen LogP contribution is 2.27. The third-order valence-electron chi connectivity index (χ3n) is 4.55. The Kier molecular flexibility index (Phi) is 9.71. The van der Waals surface area contributed by atoms with Crippen molar-refractivity contribution >= 4 is 18.1 Å². The Morgan fingerprint density at radius 1 is 1.13 bits per heavy atom. The molecule has 1 aliphatic rings. The van der Waals surface area contributed by atoms with Crippen LogP contribution in [0.4, 0.5) is 0 Å². The number of rotatable bonds is 10. The number of amides is 2. The number of unbranched alkanes of at least 4 members (excludes halogenated alkanes) is 2. The van der Waals surface area contributed by atoms with Gasteiger partial charge < -0.3 is 16.3 Å². The van der Waals surface area contributed by atoms with E-state index in [2.05, 4.69) is 0 Å². The first-order chi connectivity index (χ1) is 11.1. The van der Waals surface area contributed by atoms with E-state index in [9.17, 15) is 14.4 Å². The second-order valence-electron chi connectivity index (χ2n) is 6.45. The van der Waals surface area contributed by atoms with E-state index in [0.717, 1.165) is 30.6 Å². The maximum atomic E-state index is 12.4. The molecule has 0 bridgehead atoms. The lowest BCUT2D eigenvalue weighted by Gasteiger charge is -2.27. The van der Waals surface area contributed by atoms with Crippen LogP contribution >= 0.6 is 0 Å². The lowest BCUT2D eigenvalue weighted by molar-refractivity contribution is -0.147. The molecule has 1 fully saturated rings. The topological polar surface area (TPSA) is 106 Å². The van der Waals surface area contributed by atoms with E-state index in [1.165, 1.54) is 19.3 Å². The van der Waals surface area contributed by atoms with Crippen LogP contribution in [0.2, 0.25) is 0 Å². The number of carbonyl (C=O) groups excluding carboxylic acids is 3. The van der Waals surface area contributed by atoms with Gasteiger partial charge in [-0.15, -0.1) is 0 Å². The van der Waals surface area contributed by atoms with Gasteiger partial charge in [-0.25, -0.2) is 0 Å². The van der Waals surface area contributed by atoms with Crippen molar-refractivity contribution in [2.75, 3.05) is 13.1 Å². The number of carbonyl (C=O) groups is 3. The van der Waals surface area contributed by atoms with E-state index in [4.69, 9.17) is 11.5 Å². The number of nitrogens with zero attached hydrogens (tertiary/aromatic N) is 1. The zero-order chi connectivity index (χ0) is 17.1. The molecule has 0 saturated heterocycles. The minimum Gasteiger partial charge on any atom is -0.330 e. The van der Waals surface area contributed by atoms with E-state index in [0.29, 0.717) is 31.6 Å². The first kappa shape index (κ1) is 19.8. The predicted octanol–water partition coefficient (Wildman–Crippen LogP) is 1.36. The Balaban J connectivity index is 2.50. The van der Waals surface area contributed by atoms with Crippen LogP contribution in [0.5, 0.6) is 0 Å². The maximum Gasteiger partial charge on any atom is 0.246 e. The predicted molar refractivity (Wildman–Crippen MR) is 89.5 cm³/mol. The SMILES string of the molecule is NCCCCCC(=O)N(CC=O)C(=O)[C@@H](N)CC1CCCCC1. The van der Waals surface area contributed by atoms with Gasteiger partial charge in [-0.2, -0.15) is 0 Å². The molecule has 0 aromatic heterocycles. The highest BCUT2D eigenvalue weighted by Gasteiger charge is 2.28. The number of hydrogen-bond acceptors (Lipinski definition) is 5. The summed E-state index contributed by atoms with van der Waals surface area (Å²) in [5, 5.41) is 0. The van der Waals surface area contributed by atoms with Crippen LogP contribution in [0.25, 0.3) is 0 Å². The van der Waals surface area contributed by atoms with Crippen molar-refractivity contribution in [3.63, 3.8) is 0 Å². The Hall–Kier alpha value is -1.27. The van der Waals surface area contributed by atoms with Gasteiger partial charge in [0.15, 0.2) is 0 Å². The van der Waals surface area contributed by atoms with Gasteiger partial charge in [0, 0.05) is 6.42 Å². The fourth-order valence-electron chi connectivity index (χ4n) is 3.20. The summed E-state index contributed by atoms with van der Waals surface area (Å²) in [6.45, 7) is 0.393. The third-order valence-corrected chi connectivity index (χ3v) is 4.55. The molecular weight excluding hydrogens is 294 g/mol. The first-order valence-electron chi connectivity index (χ1n) is 8.83. The van der Waals surface area contributed by atoms with Crippen molar-refractivity contribution in [2.45, 2.75) is 70.3 Å². The van der Waals surface area contributed by atoms with Gasteiger partial charge in [0.05, 0.1) is 12.6 Å². The van der Waals surface area contributed by atoms with Gasteiger partial charge >= 0.3 is 0 Å². The van der Waals surface area contributed by atoms with Crippen LogP contribution in [0.1, 0.15) is 64.2 Å². The molecule has 1 atom stereocenters. The maximum absolute atomic E-state index is 12.4. The minimum absolute atomic E-state index is 0.201. The van der Waals surface area contributed by atoms with Gasteiger partial charge in [0.1, 0.15) is 6.29 Å². The summed E-state index contributed by atoms with van der Waals surface area (Å²) in [6.07, 6.45) is 9.65. The van der Waals surface area contributed by atoms with Gasteiger partial charge in [0.2, 0.25) is 11.8 Å². The lowest BCUT2D eigenvalue weighted by atomic mass is 9.84. The van der Waals surface area contributed by atoms with Crippen LogP contribution in [0.15, 0.2) is 0 Å². The second kappa shape index (κ2) is 11.3. The second-order valence-corrected chi connectivity index (χ2v) is 6.45. The van der Waals surface area contributed by atoms with E-state index in [1.54, 1.807) is 0 Å². The monoisotopic (exact) mass is 325 g/mol. The molecule has 0 heterocycles. The van der Waals surface area contributed by atoms with Crippen molar-refractivity contribution in [1.29, 1.82) is 0 Å². The number of hydrogen-bond donors (Lipinski definition) is 2. The van der Waals surface area contributed by atoms with Crippen molar-refractivity contribution < 1.29 is 14.4 Å². The smallest absolute Gasteiger partial charge is 0.246 e. The van der Waals surface area contributed by atoms with Crippen LogP contribution in [-0.2, 0) is 14.4 Å². The van der Waals surface area contributed by atoms with Crippen LogP contribution in [0.3, 0.4) is 0 Å². The summed E-state index contributed by atoms with van der Waals surface area (Å²) in [7, 11) is 0. The van der Waals surface area contributed by atoms with Gasteiger partial charge in [-0.1, -0.05) is 38.5 Å². The molecule has 23 heavy (non-hydrogen) atoms. The Morgan fingerprint density at radius 3 is 2.43 bits per heavy atom. The number of nitrogens with two attached hydrogens (primary N) is 2. The largest absolute Gasteiger partial charge is 0.330 e. The molecule has 0 radical (unpaired) electrons. The van der Waals surface area contributed by atoms with Gasteiger partial charge in [0.25, 0.3) is 0 Å². The highest BCUT2D eigenvalue weighted by atomic mass is 16.2. The average molecular weight is 325 g/mol. The molecule has 0 spiro atoms. The summed E-state index contributed by atoms with van der Waals surface area (Å²) >= 11 is 0. The molecule has 0 unspecified atom stereocenters. The molecule has 6 nitrogen and oxygen atoms in total. The summed E-state index contributed by atoms with van der Waals surface area (Å²) in [4.78, 5) is 36.5. The minimum atomic E-state index is -0.689. The summed E-state index contributed by atoms with van der Waals surface area (Å²) < 4.78 is 0. The van der Waals surface area contributed by atoms with E-state index < -0.39 is 11.9 Å². The standard InChI is InChI=1S/C17H31N3O3/c18-10-6-2-5-9-16(22)20(11-12-21)17(23)15(19)13-14-7-3-1-4-8-14/h12,14-15H,1-11,13,18-19H2/t15-/m0/s1. The molecule has 6 heteroatoms. The van der Waals surface area contributed by atoms with Crippen molar-refractivity contribution in [1.82, 2.24) is 4.90 Å². The Bertz CT molecular complexity index is 381. The molecule has 4 N–H and O–H groups in total. The molecule has 0 aromatic carbocycles. The lowest BCUT2D eigenvalue weighted by Crippen LogP contribution is -2.48.